The molecule has 1 aromatic rings. The topological polar surface area (TPSA) is 70.3 Å². The first kappa shape index (κ1) is 12.6. The van der Waals surface area contributed by atoms with Gasteiger partial charge >= 0.3 is 5.97 Å². The Hall–Kier alpha value is -2.42. The summed E-state index contributed by atoms with van der Waals surface area (Å²) in [5.74, 6) is -3.87. The van der Waals surface area contributed by atoms with Gasteiger partial charge in [-0.25, -0.2) is 13.6 Å². The molecule has 1 rings (SSSR count). The SMILES string of the molecule is N#CCOc1c(F)cc(C=CC(=O)O)cc1F. The molecule has 0 bridgehead atoms. The van der Waals surface area contributed by atoms with Gasteiger partial charge in [0.1, 0.15) is 6.07 Å². The van der Waals surface area contributed by atoms with E-state index in [2.05, 4.69) is 4.74 Å². The third kappa shape index (κ3) is 3.57. The van der Waals surface area contributed by atoms with Gasteiger partial charge in [0.15, 0.2) is 24.0 Å². The Balaban J connectivity index is 3.01. The average molecular weight is 239 g/mol. The lowest BCUT2D eigenvalue weighted by molar-refractivity contribution is -0.131. The van der Waals surface area contributed by atoms with Crippen molar-refractivity contribution in [1.82, 2.24) is 0 Å². The summed E-state index contributed by atoms with van der Waals surface area (Å²) in [6, 6.07) is 3.40. The molecule has 4 nitrogen and oxygen atoms in total. The maximum atomic E-state index is 13.3. The summed E-state index contributed by atoms with van der Waals surface area (Å²) < 4.78 is 31.2. The molecule has 0 atom stereocenters. The van der Waals surface area contributed by atoms with Crippen LogP contribution >= 0.6 is 0 Å². The van der Waals surface area contributed by atoms with Gasteiger partial charge in [-0.1, -0.05) is 0 Å². The Kier molecular flexibility index (Phi) is 4.17. The van der Waals surface area contributed by atoms with E-state index >= 15 is 0 Å². The van der Waals surface area contributed by atoms with Crippen molar-refractivity contribution in [3.63, 3.8) is 0 Å². The van der Waals surface area contributed by atoms with Crippen LogP contribution in [0.4, 0.5) is 8.78 Å². The number of hydrogen-bond acceptors (Lipinski definition) is 3. The van der Waals surface area contributed by atoms with Crippen molar-refractivity contribution in [1.29, 1.82) is 5.26 Å². The number of hydrogen-bond donors (Lipinski definition) is 1. The average Bonchev–Trinajstić information content (AvgIpc) is 2.25. The molecule has 0 aliphatic carbocycles. The molecule has 0 spiro atoms. The molecule has 17 heavy (non-hydrogen) atoms. The number of rotatable bonds is 4. The van der Waals surface area contributed by atoms with Crippen molar-refractivity contribution in [2.24, 2.45) is 0 Å². The van der Waals surface area contributed by atoms with Crippen LogP contribution in [0.25, 0.3) is 6.08 Å². The quantitative estimate of drug-likeness (QED) is 0.815. The molecular formula is C11H7F2NO3. The number of aliphatic carboxylic acids is 1. The minimum atomic E-state index is -1.23. The highest BCUT2D eigenvalue weighted by atomic mass is 19.1. The molecule has 0 saturated heterocycles. The molecular weight excluding hydrogens is 232 g/mol. The number of ether oxygens (including phenoxy) is 1. The van der Waals surface area contributed by atoms with Crippen LogP contribution in [0.2, 0.25) is 0 Å². The molecule has 0 heterocycles. The summed E-state index contributed by atoms with van der Waals surface area (Å²) in [6.07, 6.45) is 1.80. The fraction of sp³-hybridized carbons (Fsp3) is 0.0909. The van der Waals surface area contributed by atoms with Crippen molar-refractivity contribution >= 4 is 12.0 Å². The van der Waals surface area contributed by atoms with Gasteiger partial charge in [0.05, 0.1) is 0 Å². The van der Waals surface area contributed by atoms with E-state index in [0.29, 0.717) is 0 Å². The third-order valence-electron chi connectivity index (χ3n) is 1.72. The van der Waals surface area contributed by atoms with Crippen LogP contribution in [-0.2, 0) is 4.79 Å². The molecule has 0 fully saturated rings. The molecule has 1 aromatic carbocycles. The van der Waals surface area contributed by atoms with E-state index in [1.165, 1.54) is 0 Å². The number of halogens is 2. The minimum Gasteiger partial charge on any atom is -0.478 e. The molecule has 0 unspecified atom stereocenters. The standard InChI is InChI=1S/C11H7F2NO3/c12-8-5-7(1-2-10(15)16)6-9(13)11(8)17-4-3-14/h1-2,5-6H,4H2,(H,15,16). The van der Waals surface area contributed by atoms with Gasteiger partial charge in [-0.2, -0.15) is 5.26 Å². The van der Waals surface area contributed by atoms with Crippen LogP contribution < -0.4 is 4.74 Å². The van der Waals surface area contributed by atoms with Crippen molar-refractivity contribution < 1.29 is 23.4 Å². The molecule has 0 aromatic heterocycles. The van der Waals surface area contributed by atoms with E-state index < -0.39 is 30.0 Å². The zero-order valence-electron chi connectivity index (χ0n) is 8.48. The first-order valence-electron chi connectivity index (χ1n) is 4.44. The van der Waals surface area contributed by atoms with Crippen LogP contribution in [0, 0.1) is 23.0 Å². The summed E-state index contributed by atoms with van der Waals surface area (Å²) in [5, 5.41) is 16.6. The van der Waals surface area contributed by atoms with E-state index in [1.807, 2.05) is 0 Å². The van der Waals surface area contributed by atoms with Crippen molar-refractivity contribution in [2.45, 2.75) is 0 Å². The molecule has 88 valence electrons. The minimum absolute atomic E-state index is 0.0479. The number of benzene rings is 1. The molecule has 1 N–H and O–H groups in total. The number of carboxylic acid groups (broad SMARTS) is 1. The van der Waals surface area contributed by atoms with E-state index in [1.54, 1.807) is 6.07 Å². The van der Waals surface area contributed by atoms with Crippen LogP contribution in [-0.4, -0.2) is 17.7 Å². The van der Waals surface area contributed by atoms with E-state index in [9.17, 15) is 13.6 Å². The highest BCUT2D eigenvalue weighted by Gasteiger charge is 2.11. The first-order chi connectivity index (χ1) is 8.04. The van der Waals surface area contributed by atoms with Gasteiger partial charge in [0, 0.05) is 6.08 Å². The number of carboxylic acids is 1. The van der Waals surface area contributed by atoms with Crippen molar-refractivity contribution in [2.75, 3.05) is 6.61 Å². The molecule has 0 radical (unpaired) electrons. The lowest BCUT2D eigenvalue weighted by Gasteiger charge is -2.05. The number of nitriles is 1. The van der Waals surface area contributed by atoms with Gasteiger partial charge < -0.3 is 9.84 Å². The van der Waals surface area contributed by atoms with Gasteiger partial charge in [-0.15, -0.1) is 0 Å². The normalized spacial score (nSPS) is 10.2. The van der Waals surface area contributed by atoms with Crippen molar-refractivity contribution in [3.8, 4) is 11.8 Å². The van der Waals surface area contributed by atoms with E-state index in [-0.39, 0.29) is 5.56 Å². The maximum absolute atomic E-state index is 13.3. The van der Waals surface area contributed by atoms with Crippen LogP contribution in [0.3, 0.4) is 0 Å². The summed E-state index contributed by atoms with van der Waals surface area (Å²) in [7, 11) is 0. The summed E-state index contributed by atoms with van der Waals surface area (Å²) in [5.41, 5.74) is 0.0479. The van der Waals surface area contributed by atoms with Gasteiger partial charge in [0.2, 0.25) is 0 Å². The number of carbonyl (C=O) groups is 1. The van der Waals surface area contributed by atoms with Gasteiger partial charge in [0.25, 0.3) is 0 Å². The highest BCUT2D eigenvalue weighted by Crippen LogP contribution is 2.23. The zero-order valence-corrected chi connectivity index (χ0v) is 8.48. The largest absolute Gasteiger partial charge is 0.478 e. The lowest BCUT2D eigenvalue weighted by atomic mass is 10.2. The highest BCUT2D eigenvalue weighted by molar-refractivity contribution is 5.85. The number of nitrogens with zero attached hydrogens (tertiary/aromatic N) is 1. The Bertz CT molecular complexity index is 483. The third-order valence-corrected chi connectivity index (χ3v) is 1.72. The Morgan fingerprint density at radius 3 is 2.53 bits per heavy atom. The van der Waals surface area contributed by atoms with E-state index in [4.69, 9.17) is 10.4 Å². The summed E-state index contributed by atoms with van der Waals surface area (Å²) in [4.78, 5) is 10.2. The molecule has 0 amide bonds. The predicted octanol–water partition coefficient (Wildman–Crippen LogP) is 1.96. The molecule has 0 saturated carbocycles. The van der Waals surface area contributed by atoms with Crippen LogP contribution in [0.1, 0.15) is 5.56 Å². The van der Waals surface area contributed by atoms with Crippen LogP contribution in [0.5, 0.6) is 5.75 Å². The van der Waals surface area contributed by atoms with Crippen molar-refractivity contribution in [3.05, 3.63) is 35.4 Å². The first-order valence-corrected chi connectivity index (χ1v) is 4.44. The summed E-state index contributed by atoms with van der Waals surface area (Å²) in [6.45, 7) is -0.474. The smallest absolute Gasteiger partial charge is 0.328 e. The Morgan fingerprint density at radius 2 is 2.06 bits per heavy atom. The van der Waals surface area contributed by atoms with Gasteiger partial charge in [-0.05, 0) is 23.8 Å². The lowest BCUT2D eigenvalue weighted by Crippen LogP contribution is -1.99. The fourth-order valence-electron chi connectivity index (χ4n) is 1.09. The predicted molar refractivity (Wildman–Crippen MR) is 54.1 cm³/mol. The molecule has 6 heteroatoms. The fourth-order valence-corrected chi connectivity index (χ4v) is 1.09. The second-order valence-electron chi connectivity index (χ2n) is 2.93. The Labute approximate surface area is 95.4 Å². The van der Waals surface area contributed by atoms with Gasteiger partial charge in [-0.3, -0.25) is 0 Å². The Morgan fingerprint density at radius 1 is 1.47 bits per heavy atom. The molecule has 0 aliphatic heterocycles. The zero-order chi connectivity index (χ0) is 12.8. The second-order valence-corrected chi connectivity index (χ2v) is 2.93. The second kappa shape index (κ2) is 5.61. The monoisotopic (exact) mass is 239 g/mol. The molecule has 0 aliphatic rings. The van der Waals surface area contributed by atoms with E-state index in [0.717, 1.165) is 24.3 Å². The summed E-state index contributed by atoms with van der Waals surface area (Å²) >= 11 is 0. The van der Waals surface area contributed by atoms with Crippen LogP contribution in [0.15, 0.2) is 18.2 Å². The maximum Gasteiger partial charge on any atom is 0.328 e.